The normalized spacial score (nSPS) is 10.6. The second-order valence-electron chi connectivity index (χ2n) is 4.89. The van der Waals surface area contributed by atoms with Gasteiger partial charge in [-0.1, -0.05) is 35.9 Å². The first-order chi connectivity index (χ1) is 9.63. The van der Waals surface area contributed by atoms with Gasteiger partial charge in [-0.3, -0.25) is 0 Å². The van der Waals surface area contributed by atoms with Crippen LogP contribution in [0.5, 0.6) is 5.75 Å². The number of ether oxygens (including phenoxy) is 1. The van der Waals surface area contributed by atoms with Crippen LogP contribution in [0, 0.1) is 13.8 Å². The minimum Gasteiger partial charge on any atom is -0.496 e. The van der Waals surface area contributed by atoms with Crippen molar-refractivity contribution in [1.29, 1.82) is 0 Å². The average molecular weight is 290 g/mol. The summed E-state index contributed by atoms with van der Waals surface area (Å²) in [5, 5.41) is 4.19. The van der Waals surface area contributed by atoms with E-state index >= 15 is 0 Å². The van der Waals surface area contributed by atoms with Gasteiger partial charge in [-0.2, -0.15) is 0 Å². The lowest BCUT2D eigenvalue weighted by Gasteiger charge is -2.13. The van der Waals surface area contributed by atoms with E-state index in [0.717, 1.165) is 22.9 Å². The second kappa shape index (κ2) is 6.78. The maximum Gasteiger partial charge on any atom is 0.124 e. The molecule has 2 aromatic carbocycles. The Kier molecular flexibility index (Phi) is 5.05. The number of nitrogens with one attached hydrogen (secondary N) is 1. The summed E-state index contributed by atoms with van der Waals surface area (Å²) in [7, 11) is 1.67. The van der Waals surface area contributed by atoms with Crippen molar-refractivity contribution in [2.24, 2.45) is 0 Å². The Morgan fingerprint density at radius 2 is 1.55 bits per heavy atom. The first-order valence-electron chi connectivity index (χ1n) is 6.70. The first kappa shape index (κ1) is 14.9. The summed E-state index contributed by atoms with van der Waals surface area (Å²) in [4.78, 5) is 0. The minimum atomic E-state index is 0.691. The molecule has 0 aromatic heterocycles. The molecule has 0 aliphatic heterocycles. The summed E-state index contributed by atoms with van der Waals surface area (Å²) in [6.07, 6.45) is 0. The summed E-state index contributed by atoms with van der Waals surface area (Å²) < 4.78 is 5.35. The molecule has 0 saturated carbocycles. The number of rotatable bonds is 5. The molecule has 0 aliphatic rings. The molecule has 0 amide bonds. The lowest BCUT2D eigenvalue weighted by molar-refractivity contribution is 0.407. The van der Waals surface area contributed by atoms with Crippen LogP contribution in [0.3, 0.4) is 0 Å². The Morgan fingerprint density at radius 1 is 0.950 bits per heavy atom. The summed E-state index contributed by atoms with van der Waals surface area (Å²) >= 11 is 6.23. The van der Waals surface area contributed by atoms with Gasteiger partial charge in [0.15, 0.2) is 0 Å². The van der Waals surface area contributed by atoms with Gasteiger partial charge < -0.3 is 10.1 Å². The van der Waals surface area contributed by atoms with Gasteiger partial charge in [0.1, 0.15) is 5.75 Å². The molecule has 1 N–H and O–H groups in total. The van der Waals surface area contributed by atoms with Crippen molar-refractivity contribution in [3.05, 3.63) is 63.7 Å². The molecule has 2 rings (SSSR count). The van der Waals surface area contributed by atoms with Crippen molar-refractivity contribution >= 4 is 11.6 Å². The van der Waals surface area contributed by atoms with Crippen molar-refractivity contribution in [3.63, 3.8) is 0 Å². The van der Waals surface area contributed by atoms with E-state index in [0.29, 0.717) is 6.54 Å². The number of methoxy groups -OCH3 is 1. The zero-order valence-electron chi connectivity index (χ0n) is 12.2. The van der Waals surface area contributed by atoms with Crippen molar-refractivity contribution in [2.45, 2.75) is 26.9 Å². The maximum absolute atomic E-state index is 6.23. The van der Waals surface area contributed by atoms with E-state index in [1.165, 1.54) is 16.7 Å². The Hall–Kier alpha value is -1.51. The van der Waals surface area contributed by atoms with E-state index in [4.69, 9.17) is 16.3 Å². The third kappa shape index (κ3) is 3.33. The van der Waals surface area contributed by atoms with Gasteiger partial charge in [-0.25, -0.2) is 0 Å². The zero-order valence-corrected chi connectivity index (χ0v) is 12.9. The molecule has 0 aliphatic carbocycles. The van der Waals surface area contributed by atoms with Crippen LogP contribution in [-0.4, -0.2) is 7.11 Å². The number of benzene rings is 2. The Labute approximate surface area is 125 Å². The van der Waals surface area contributed by atoms with Crippen molar-refractivity contribution in [3.8, 4) is 5.75 Å². The number of aryl methyl sites for hydroxylation is 2. The SMILES string of the molecule is COc1cccc(Cl)c1CNCc1c(C)cccc1C. The van der Waals surface area contributed by atoms with E-state index in [2.05, 4.69) is 37.4 Å². The predicted octanol–water partition coefficient (Wildman–Crippen LogP) is 4.26. The van der Waals surface area contributed by atoms with Crippen LogP contribution in [0.25, 0.3) is 0 Å². The smallest absolute Gasteiger partial charge is 0.124 e. The van der Waals surface area contributed by atoms with Crippen LogP contribution in [-0.2, 0) is 13.1 Å². The van der Waals surface area contributed by atoms with Crippen LogP contribution < -0.4 is 10.1 Å². The van der Waals surface area contributed by atoms with Gasteiger partial charge in [-0.05, 0) is 42.7 Å². The van der Waals surface area contributed by atoms with Crippen molar-refractivity contribution in [2.75, 3.05) is 7.11 Å². The van der Waals surface area contributed by atoms with Gasteiger partial charge in [0.05, 0.1) is 7.11 Å². The summed E-state index contributed by atoms with van der Waals surface area (Å²) in [5.74, 6) is 0.825. The summed E-state index contributed by atoms with van der Waals surface area (Å²) in [6.45, 7) is 5.80. The second-order valence-corrected chi connectivity index (χ2v) is 5.30. The highest BCUT2D eigenvalue weighted by Gasteiger charge is 2.08. The molecule has 106 valence electrons. The quantitative estimate of drug-likeness (QED) is 0.888. The highest BCUT2D eigenvalue weighted by Crippen LogP contribution is 2.26. The van der Waals surface area contributed by atoms with Crippen LogP contribution >= 0.6 is 11.6 Å². The molecule has 0 atom stereocenters. The molecule has 0 radical (unpaired) electrons. The lowest BCUT2D eigenvalue weighted by atomic mass is 10.0. The van der Waals surface area contributed by atoms with Crippen LogP contribution in [0.1, 0.15) is 22.3 Å². The Bertz CT molecular complexity index is 575. The molecule has 2 aromatic rings. The van der Waals surface area contributed by atoms with Crippen LogP contribution in [0.4, 0.5) is 0 Å². The monoisotopic (exact) mass is 289 g/mol. The number of hydrogen-bond acceptors (Lipinski definition) is 2. The van der Waals surface area contributed by atoms with E-state index in [-0.39, 0.29) is 0 Å². The molecule has 0 fully saturated rings. The third-order valence-electron chi connectivity index (χ3n) is 3.54. The van der Waals surface area contributed by atoms with Gasteiger partial charge in [0, 0.05) is 23.7 Å². The molecule has 0 heterocycles. The molecular weight excluding hydrogens is 270 g/mol. The molecule has 0 unspecified atom stereocenters. The van der Waals surface area contributed by atoms with Gasteiger partial charge in [0.2, 0.25) is 0 Å². The predicted molar refractivity (Wildman–Crippen MR) is 84.5 cm³/mol. The van der Waals surface area contributed by atoms with E-state index in [1.807, 2.05) is 18.2 Å². The third-order valence-corrected chi connectivity index (χ3v) is 3.90. The van der Waals surface area contributed by atoms with E-state index < -0.39 is 0 Å². The zero-order chi connectivity index (χ0) is 14.5. The molecule has 20 heavy (non-hydrogen) atoms. The molecule has 0 bridgehead atoms. The Morgan fingerprint density at radius 3 is 2.20 bits per heavy atom. The number of halogens is 1. The molecule has 0 saturated heterocycles. The highest BCUT2D eigenvalue weighted by molar-refractivity contribution is 6.31. The molecule has 2 nitrogen and oxygen atoms in total. The molecule has 3 heteroatoms. The van der Waals surface area contributed by atoms with Gasteiger partial charge in [0.25, 0.3) is 0 Å². The lowest BCUT2D eigenvalue weighted by Crippen LogP contribution is -2.15. The largest absolute Gasteiger partial charge is 0.496 e. The van der Waals surface area contributed by atoms with Gasteiger partial charge in [-0.15, -0.1) is 0 Å². The average Bonchev–Trinajstić information content (AvgIpc) is 2.43. The topological polar surface area (TPSA) is 21.3 Å². The number of hydrogen-bond donors (Lipinski definition) is 1. The van der Waals surface area contributed by atoms with Crippen LogP contribution in [0.15, 0.2) is 36.4 Å². The fraction of sp³-hybridized carbons (Fsp3) is 0.294. The van der Waals surface area contributed by atoms with Crippen molar-refractivity contribution in [1.82, 2.24) is 5.32 Å². The fourth-order valence-electron chi connectivity index (χ4n) is 2.34. The van der Waals surface area contributed by atoms with Gasteiger partial charge >= 0.3 is 0 Å². The van der Waals surface area contributed by atoms with E-state index in [9.17, 15) is 0 Å². The first-order valence-corrected chi connectivity index (χ1v) is 7.08. The standard InChI is InChI=1S/C17H20ClNO/c1-12-6-4-7-13(2)14(12)10-19-11-15-16(18)8-5-9-17(15)20-3/h4-9,19H,10-11H2,1-3H3. The van der Waals surface area contributed by atoms with E-state index in [1.54, 1.807) is 7.11 Å². The molecule has 0 spiro atoms. The maximum atomic E-state index is 6.23. The minimum absolute atomic E-state index is 0.691. The summed E-state index contributed by atoms with van der Waals surface area (Å²) in [5.41, 5.74) is 4.97. The summed E-state index contributed by atoms with van der Waals surface area (Å²) in [6, 6.07) is 12.1. The molecular formula is C17H20ClNO. The van der Waals surface area contributed by atoms with Crippen molar-refractivity contribution < 1.29 is 4.74 Å². The highest BCUT2D eigenvalue weighted by atomic mass is 35.5. The fourth-order valence-corrected chi connectivity index (χ4v) is 2.57. The van der Waals surface area contributed by atoms with Crippen LogP contribution in [0.2, 0.25) is 5.02 Å². The Balaban J connectivity index is 2.07.